The predicted octanol–water partition coefficient (Wildman–Crippen LogP) is 1.78. The molecule has 0 unspecified atom stereocenters. The zero-order valence-corrected chi connectivity index (χ0v) is 11.4. The number of hydrogen-bond donors (Lipinski definition) is 2. The van der Waals surface area contributed by atoms with Crippen LogP contribution in [0.25, 0.3) is 0 Å². The SMILES string of the molecule is CCCNS(=O)(=O)NCc1ccccc1Br. The highest BCUT2D eigenvalue weighted by molar-refractivity contribution is 9.10. The summed E-state index contributed by atoms with van der Waals surface area (Å²) in [6, 6.07) is 7.50. The summed E-state index contributed by atoms with van der Waals surface area (Å²) in [5, 5.41) is 0. The molecule has 0 spiro atoms. The minimum Gasteiger partial charge on any atom is -0.202 e. The highest BCUT2D eigenvalue weighted by atomic mass is 79.9. The minimum absolute atomic E-state index is 0.278. The van der Waals surface area contributed by atoms with Crippen LogP contribution in [-0.4, -0.2) is 15.0 Å². The molecule has 0 saturated heterocycles. The highest BCUT2D eigenvalue weighted by Gasteiger charge is 2.08. The van der Waals surface area contributed by atoms with E-state index in [1.807, 2.05) is 31.2 Å². The van der Waals surface area contributed by atoms with Crippen LogP contribution in [0.1, 0.15) is 18.9 Å². The molecule has 0 heterocycles. The molecule has 4 nitrogen and oxygen atoms in total. The maximum absolute atomic E-state index is 11.4. The fraction of sp³-hybridized carbons (Fsp3) is 0.400. The van der Waals surface area contributed by atoms with Crippen LogP contribution in [-0.2, 0) is 16.8 Å². The molecule has 0 saturated carbocycles. The van der Waals surface area contributed by atoms with E-state index in [-0.39, 0.29) is 6.54 Å². The van der Waals surface area contributed by atoms with E-state index in [1.165, 1.54) is 0 Å². The lowest BCUT2D eigenvalue weighted by Gasteiger charge is -2.08. The van der Waals surface area contributed by atoms with Gasteiger partial charge in [0, 0.05) is 17.6 Å². The molecule has 6 heteroatoms. The second-order valence-corrected chi connectivity index (χ2v) is 5.75. The van der Waals surface area contributed by atoms with E-state index in [1.54, 1.807) is 0 Å². The Bertz CT molecular complexity index is 434. The van der Waals surface area contributed by atoms with Crippen molar-refractivity contribution in [2.24, 2.45) is 0 Å². The van der Waals surface area contributed by atoms with Crippen LogP contribution in [0, 0.1) is 0 Å². The molecule has 1 rings (SSSR count). The van der Waals surface area contributed by atoms with Gasteiger partial charge in [0.25, 0.3) is 10.2 Å². The molecule has 1 aromatic rings. The summed E-state index contributed by atoms with van der Waals surface area (Å²) < 4.78 is 28.7. The lowest BCUT2D eigenvalue weighted by atomic mass is 10.2. The molecular weight excluding hydrogens is 292 g/mol. The van der Waals surface area contributed by atoms with Crippen LogP contribution in [0.5, 0.6) is 0 Å². The van der Waals surface area contributed by atoms with Crippen LogP contribution in [0.4, 0.5) is 0 Å². The summed E-state index contributed by atoms with van der Waals surface area (Å²) in [5.74, 6) is 0. The first kappa shape index (κ1) is 13.6. The number of nitrogens with one attached hydrogen (secondary N) is 2. The maximum Gasteiger partial charge on any atom is 0.277 e. The molecule has 0 aromatic heterocycles. The third-order valence-electron chi connectivity index (χ3n) is 1.95. The van der Waals surface area contributed by atoms with Crippen molar-refractivity contribution in [3.8, 4) is 0 Å². The van der Waals surface area contributed by atoms with E-state index in [0.717, 1.165) is 16.5 Å². The second kappa shape index (κ2) is 6.34. The smallest absolute Gasteiger partial charge is 0.202 e. The van der Waals surface area contributed by atoms with Crippen LogP contribution in [0.15, 0.2) is 28.7 Å². The van der Waals surface area contributed by atoms with Gasteiger partial charge in [-0.2, -0.15) is 13.1 Å². The predicted molar refractivity (Wildman–Crippen MR) is 68.2 cm³/mol. The molecular formula is C10H15BrN2O2S. The van der Waals surface area contributed by atoms with Gasteiger partial charge in [-0.25, -0.2) is 4.72 Å². The van der Waals surface area contributed by atoms with Crippen molar-refractivity contribution in [3.05, 3.63) is 34.3 Å². The van der Waals surface area contributed by atoms with Crippen molar-refractivity contribution in [3.63, 3.8) is 0 Å². The Morgan fingerprint density at radius 3 is 2.56 bits per heavy atom. The first-order chi connectivity index (χ1) is 7.55. The average Bonchev–Trinajstić information content (AvgIpc) is 2.26. The summed E-state index contributed by atoms with van der Waals surface area (Å²) in [7, 11) is -3.38. The Morgan fingerprint density at radius 1 is 1.25 bits per heavy atom. The van der Waals surface area contributed by atoms with E-state index < -0.39 is 10.2 Å². The van der Waals surface area contributed by atoms with Crippen LogP contribution in [0.2, 0.25) is 0 Å². The normalized spacial score (nSPS) is 11.6. The van der Waals surface area contributed by atoms with E-state index in [0.29, 0.717) is 6.54 Å². The van der Waals surface area contributed by atoms with Crippen LogP contribution < -0.4 is 9.44 Å². The standard InChI is InChI=1S/C10H15BrN2O2S/c1-2-7-12-16(14,15)13-8-9-5-3-4-6-10(9)11/h3-6,12-13H,2,7-8H2,1H3. The van der Waals surface area contributed by atoms with Gasteiger partial charge in [0.2, 0.25) is 0 Å². The van der Waals surface area contributed by atoms with Crippen molar-refractivity contribution in [2.45, 2.75) is 19.9 Å². The molecule has 0 aliphatic heterocycles. The minimum atomic E-state index is -3.38. The van der Waals surface area contributed by atoms with Gasteiger partial charge >= 0.3 is 0 Å². The van der Waals surface area contributed by atoms with E-state index in [9.17, 15) is 8.42 Å². The first-order valence-electron chi connectivity index (χ1n) is 5.03. The Hall–Kier alpha value is -0.430. The number of benzene rings is 1. The lowest BCUT2D eigenvalue weighted by Crippen LogP contribution is -2.36. The van der Waals surface area contributed by atoms with Gasteiger partial charge < -0.3 is 0 Å². The maximum atomic E-state index is 11.4. The Kier molecular flexibility index (Phi) is 5.40. The molecule has 0 fully saturated rings. The van der Waals surface area contributed by atoms with Gasteiger partial charge in [-0.3, -0.25) is 0 Å². The second-order valence-electron chi connectivity index (χ2n) is 3.31. The summed E-state index contributed by atoms with van der Waals surface area (Å²) in [6.45, 7) is 2.64. The van der Waals surface area contributed by atoms with Gasteiger partial charge in [0.1, 0.15) is 0 Å². The highest BCUT2D eigenvalue weighted by Crippen LogP contribution is 2.15. The van der Waals surface area contributed by atoms with E-state index >= 15 is 0 Å². The molecule has 0 radical (unpaired) electrons. The van der Waals surface area contributed by atoms with Crippen molar-refractivity contribution in [1.82, 2.24) is 9.44 Å². The first-order valence-corrected chi connectivity index (χ1v) is 7.30. The number of rotatable bonds is 6. The third-order valence-corrected chi connectivity index (χ3v) is 3.83. The Morgan fingerprint density at radius 2 is 1.94 bits per heavy atom. The van der Waals surface area contributed by atoms with Gasteiger partial charge in [-0.05, 0) is 18.1 Å². The van der Waals surface area contributed by atoms with E-state index in [2.05, 4.69) is 25.4 Å². The van der Waals surface area contributed by atoms with Crippen molar-refractivity contribution >= 4 is 26.1 Å². The van der Waals surface area contributed by atoms with Crippen molar-refractivity contribution < 1.29 is 8.42 Å². The van der Waals surface area contributed by atoms with Crippen molar-refractivity contribution in [1.29, 1.82) is 0 Å². The quantitative estimate of drug-likeness (QED) is 0.842. The Balaban J connectivity index is 2.55. The van der Waals surface area contributed by atoms with Crippen LogP contribution >= 0.6 is 15.9 Å². The summed E-state index contributed by atoms with van der Waals surface area (Å²) in [4.78, 5) is 0. The summed E-state index contributed by atoms with van der Waals surface area (Å²) >= 11 is 3.36. The molecule has 1 aromatic carbocycles. The monoisotopic (exact) mass is 306 g/mol. The van der Waals surface area contributed by atoms with Gasteiger partial charge in [0.15, 0.2) is 0 Å². The molecule has 0 bridgehead atoms. The Labute approximate surface area is 105 Å². The summed E-state index contributed by atoms with van der Waals surface area (Å²) in [6.07, 6.45) is 0.774. The fourth-order valence-corrected chi connectivity index (χ4v) is 2.45. The van der Waals surface area contributed by atoms with Crippen molar-refractivity contribution in [2.75, 3.05) is 6.54 Å². The zero-order chi connectivity index (χ0) is 12.0. The molecule has 0 aliphatic carbocycles. The van der Waals surface area contributed by atoms with Crippen LogP contribution in [0.3, 0.4) is 0 Å². The molecule has 0 atom stereocenters. The molecule has 90 valence electrons. The molecule has 0 amide bonds. The topological polar surface area (TPSA) is 58.2 Å². The average molecular weight is 307 g/mol. The molecule has 2 N–H and O–H groups in total. The third kappa shape index (κ3) is 4.61. The zero-order valence-electron chi connectivity index (χ0n) is 9.03. The molecule has 0 aliphatic rings. The number of halogens is 1. The number of hydrogen-bond acceptors (Lipinski definition) is 2. The fourth-order valence-electron chi connectivity index (χ4n) is 1.10. The lowest BCUT2D eigenvalue weighted by molar-refractivity contribution is 0.565. The molecule has 16 heavy (non-hydrogen) atoms. The van der Waals surface area contributed by atoms with Gasteiger partial charge in [-0.15, -0.1) is 0 Å². The van der Waals surface area contributed by atoms with E-state index in [4.69, 9.17) is 0 Å². The summed E-state index contributed by atoms with van der Waals surface area (Å²) in [5.41, 5.74) is 0.907. The van der Waals surface area contributed by atoms with Gasteiger partial charge in [0.05, 0.1) is 0 Å². The largest absolute Gasteiger partial charge is 0.277 e. The van der Waals surface area contributed by atoms with Gasteiger partial charge in [-0.1, -0.05) is 41.1 Å².